The van der Waals surface area contributed by atoms with E-state index in [1.165, 1.54) is 12.1 Å². The van der Waals surface area contributed by atoms with E-state index in [1.54, 1.807) is 37.3 Å². The van der Waals surface area contributed by atoms with Gasteiger partial charge in [0.25, 0.3) is 5.91 Å². The lowest BCUT2D eigenvalue weighted by atomic mass is 10.1. The molecule has 3 N–H and O–H groups in total. The van der Waals surface area contributed by atoms with E-state index in [9.17, 15) is 19.5 Å². The molecule has 3 aromatic carbocycles. The normalized spacial score (nSPS) is 10.3. The van der Waals surface area contributed by atoms with Gasteiger partial charge in [-0.15, -0.1) is 0 Å². The first kappa shape index (κ1) is 20.8. The van der Waals surface area contributed by atoms with Crippen LogP contribution in [0.3, 0.4) is 0 Å². The number of carboxylic acids is 1. The summed E-state index contributed by atoms with van der Waals surface area (Å²) in [5.41, 5.74) is 3.08. The fourth-order valence-electron chi connectivity index (χ4n) is 3.03. The van der Waals surface area contributed by atoms with Crippen molar-refractivity contribution in [1.82, 2.24) is 0 Å². The molecule has 0 aliphatic rings. The molecule has 0 atom stereocenters. The third-order valence-corrected chi connectivity index (χ3v) is 4.65. The standard InChI is InChI=1S/C24H22N2O4/c1-16-15-18(23(28)26-21-10-6-5-9-19(21)24(29)30)12-13-20(16)25-22(27)14-11-17-7-3-2-4-8-17/h2-10,12-13,15H,11,14H2,1H3,(H,25,27)(H,26,28)(H,29,30). The predicted molar refractivity (Wildman–Crippen MR) is 116 cm³/mol. The van der Waals surface area contributed by atoms with Gasteiger partial charge < -0.3 is 15.7 Å². The van der Waals surface area contributed by atoms with Crippen LogP contribution in [0.15, 0.2) is 72.8 Å². The van der Waals surface area contributed by atoms with Gasteiger partial charge >= 0.3 is 5.97 Å². The van der Waals surface area contributed by atoms with Gasteiger partial charge in [0.2, 0.25) is 5.91 Å². The largest absolute Gasteiger partial charge is 0.478 e. The molecule has 0 unspecified atom stereocenters. The average Bonchev–Trinajstić information content (AvgIpc) is 2.74. The lowest BCUT2D eigenvalue weighted by molar-refractivity contribution is -0.116. The Bertz CT molecular complexity index is 1080. The maximum Gasteiger partial charge on any atom is 0.337 e. The van der Waals surface area contributed by atoms with E-state index in [2.05, 4.69) is 10.6 Å². The quantitative estimate of drug-likeness (QED) is 0.542. The number of aromatic carboxylic acids is 1. The third-order valence-electron chi connectivity index (χ3n) is 4.65. The second-order valence-corrected chi connectivity index (χ2v) is 6.87. The monoisotopic (exact) mass is 402 g/mol. The van der Waals surface area contributed by atoms with E-state index >= 15 is 0 Å². The number of hydrogen-bond acceptors (Lipinski definition) is 3. The summed E-state index contributed by atoms with van der Waals surface area (Å²) >= 11 is 0. The van der Waals surface area contributed by atoms with Gasteiger partial charge in [0.05, 0.1) is 11.3 Å². The molecule has 2 amide bonds. The van der Waals surface area contributed by atoms with Gasteiger partial charge in [0.15, 0.2) is 0 Å². The van der Waals surface area contributed by atoms with Gasteiger partial charge in [-0.1, -0.05) is 42.5 Å². The van der Waals surface area contributed by atoms with Crippen molar-refractivity contribution in [2.24, 2.45) is 0 Å². The van der Waals surface area contributed by atoms with Crippen molar-refractivity contribution in [3.8, 4) is 0 Å². The van der Waals surface area contributed by atoms with Crippen molar-refractivity contribution in [3.63, 3.8) is 0 Å². The lowest BCUT2D eigenvalue weighted by Crippen LogP contribution is -2.16. The van der Waals surface area contributed by atoms with Crippen molar-refractivity contribution in [3.05, 3.63) is 95.1 Å². The highest BCUT2D eigenvalue weighted by Crippen LogP contribution is 2.20. The summed E-state index contributed by atoms with van der Waals surface area (Å²) in [6, 6.07) is 20.9. The highest BCUT2D eigenvalue weighted by molar-refractivity contribution is 6.08. The van der Waals surface area contributed by atoms with Crippen LogP contribution in [-0.4, -0.2) is 22.9 Å². The number of hydrogen-bond donors (Lipinski definition) is 3. The Kier molecular flexibility index (Phi) is 6.60. The molecule has 152 valence electrons. The van der Waals surface area contributed by atoms with Crippen LogP contribution in [0, 0.1) is 6.92 Å². The summed E-state index contributed by atoms with van der Waals surface area (Å²) < 4.78 is 0. The zero-order chi connectivity index (χ0) is 21.5. The van der Waals surface area contributed by atoms with E-state index in [1.807, 2.05) is 30.3 Å². The SMILES string of the molecule is Cc1cc(C(=O)Nc2ccccc2C(=O)O)ccc1NC(=O)CCc1ccccc1. The molecular weight excluding hydrogens is 380 g/mol. The minimum absolute atomic E-state index is 0.0184. The number of carbonyl (C=O) groups excluding carboxylic acids is 2. The average molecular weight is 402 g/mol. The fourth-order valence-corrected chi connectivity index (χ4v) is 3.03. The number of amides is 2. The molecule has 0 aliphatic heterocycles. The lowest BCUT2D eigenvalue weighted by Gasteiger charge is -2.12. The van der Waals surface area contributed by atoms with Crippen LogP contribution in [0.25, 0.3) is 0 Å². The second-order valence-electron chi connectivity index (χ2n) is 6.87. The van der Waals surface area contributed by atoms with Gasteiger partial charge in [0, 0.05) is 17.7 Å². The van der Waals surface area contributed by atoms with Crippen LogP contribution in [-0.2, 0) is 11.2 Å². The third kappa shape index (κ3) is 5.32. The summed E-state index contributed by atoms with van der Waals surface area (Å²) in [7, 11) is 0. The molecule has 30 heavy (non-hydrogen) atoms. The fraction of sp³-hybridized carbons (Fsp3) is 0.125. The van der Waals surface area contributed by atoms with Crippen LogP contribution >= 0.6 is 0 Å². The minimum Gasteiger partial charge on any atom is -0.478 e. The number of aryl methyl sites for hydroxylation is 2. The summed E-state index contributed by atoms with van der Waals surface area (Å²) in [5, 5.41) is 14.7. The number of benzene rings is 3. The van der Waals surface area contributed by atoms with Crippen LogP contribution in [0.5, 0.6) is 0 Å². The number of carboxylic acid groups (broad SMARTS) is 1. The van der Waals surface area contributed by atoms with Gasteiger partial charge in [-0.05, 0) is 54.8 Å². The van der Waals surface area contributed by atoms with Crippen LogP contribution < -0.4 is 10.6 Å². The molecule has 6 heteroatoms. The number of nitrogens with one attached hydrogen (secondary N) is 2. The van der Waals surface area contributed by atoms with Crippen molar-refractivity contribution in [2.75, 3.05) is 10.6 Å². The van der Waals surface area contributed by atoms with Crippen LogP contribution in [0.4, 0.5) is 11.4 Å². The molecule has 0 heterocycles. The van der Waals surface area contributed by atoms with Crippen molar-refractivity contribution in [2.45, 2.75) is 19.8 Å². The van der Waals surface area contributed by atoms with Crippen molar-refractivity contribution < 1.29 is 19.5 Å². The molecule has 0 aromatic heterocycles. The number of carbonyl (C=O) groups is 3. The first-order chi connectivity index (χ1) is 14.4. The molecule has 0 spiro atoms. The maximum atomic E-state index is 12.5. The number of para-hydroxylation sites is 1. The highest BCUT2D eigenvalue weighted by atomic mass is 16.4. The Morgan fingerprint density at radius 1 is 0.833 bits per heavy atom. The maximum absolute atomic E-state index is 12.5. The van der Waals surface area contributed by atoms with E-state index in [0.717, 1.165) is 11.1 Å². The molecule has 0 fully saturated rings. The zero-order valence-corrected chi connectivity index (χ0v) is 16.5. The second kappa shape index (κ2) is 9.52. The molecule has 6 nitrogen and oxygen atoms in total. The molecule has 3 aromatic rings. The summed E-state index contributed by atoms with van der Waals surface area (Å²) in [5.74, 6) is -1.64. The van der Waals surface area contributed by atoms with Crippen LogP contribution in [0.2, 0.25) is 0 Å². The van der Waals surface area contributed by atoms with E-state index < -0.39 is 11.9 Å². The van der Waals surface area contributed by atoms with Gasteiger partial charge in [-0.25, -0.2) is 4.79 Å². The van der Waals surface area contributed by atoms with E-state index in [-0.39, 0.29) is 17.2 Å². The predicted octanol–water partition coefficient (Wildman–Crippen LogP) is 4.52. The van der Waals surface area contributed by atoms with Crippen molar-refractivity contribution >= 4 is 29.2 Å². The number of anilines is 2. The van der Waals surface area contributed by atoms with E-state index in [0.29, 0.717) is 24.1 Å². The van der Waals surface area contributed by atoms with E-state index in [4.69, 9.17) is 0 Å². The minimum atomic E-state index is -1.12. The topological polar surface area (TPSA) is 95.5 Å². The first-order valence-electron chi connectivity index (χ1n) is 9.52. The smallest absolute Gasteiger partial charge is 0.337 e. The Morgan fingerprint density at radius 2 is 1.53 bits per heavy atom. The molecule has 0 bridgehead atoms. The number of rotatable bonds is 7. The summed E-state index contributed by atoms with van der Waals surface area (Å²) in [6.07, 6.45) is 1.01. The zero-order valence-electron chi connectivity index (χ0n) is 16.5. The molecule has 0 aliphatic carbocycles. The molecule has 0 radical (unpaired) electrons. The molecule has 0 saturated carbocycles. The first-order valence-corrected chi connectivity index (χ1v) is 9.52. The van der Waals surface area contributed by atoms with Gasteiger partial charge in [0.1, 0.15) is 0 Å². The van der Waals surface area contributed by atoms with Crippen molar-refractivity contribution in [1.29, 1.82) is 0 Å². The highest BCUT2D eigenvalue weighted by Gasteiger charge is 2.14. The van der Waals surface area contributed by atoms with Gasteiger partial charge in [-0.3, -0.25) is 9.59 Å². The molecule has 0 saturated heterocycles. The summed E-state index contributed by atoms with van der Waals surface area (Å²) in [4.78, 5) is 36.1. The van der Waals surface area contributed by atoms with Gasteiger partial charge in [-0.2, -0.15) is 0 Å². The Balaban J connectivity index is 1.64. The Hall–Kier alpha value is -3.93. The summed E-state index contributed by atoms with van der Waals surface area (Å²) in [6.45, 7) is 1.80. The molecule has 3 rings (SSSR count). The Morgan fingerprint density at radius 3 is 2.23 bits per heavy atom. The Labute approximate surface area is 174 Å². The molecular formula is C24H22N2O4. The van der Waals surface area contributed by atoms with Crippen LogP contribution in [0.1, 0.15) is 38.3 Å².